The minimum atomic E-state index is -0.106. The molecule has 3 aliphatic heterocycles. The van der Waals surface area contributed by atoms with Gasteiger partial charge in [-0.25, -0.2) is 9.97 Å². The summed E-state index contributed by atoms with van der Waals surface area (Å²) in [7, 11) is 0. The van der Waals surface area contributed by atoms with Crippen LogP contribution in [0.5, 0.6) is 0 Å². The highest BCUT2D eigenvalue weighted by Gasteiger charge is 2.37. The van der Waals surface area contributed by atoms with E-state index >= 15 is 0 Å². The van der Waals surface area contributed by atoms with Crippen molar-refractivity contribution in [3.8, 4) is 0 Å². The molecule has 5 rings (SSSR count). The number of carbonyl (C=O) groups excluding carboxylic acids is 1. The zero-order valence-corrected chi connectivity index (χ0v) is 15.0. The second-order valence-electron chi connectivity index (χ2n) is 7.50. The van der Waals surface area contributed by atoms with Gasteiger partial charge in [0.25, 0.3) is 0 Å². The average molecular weight is 357 g/mol. The van der Waals surface area contributed by atoms with E-state index in [1.54, 1.807) is 17.7 Å². The number of aromatic nitrogens is 2. The maximum absolute atomic E-state index is 13.0. The number of nitrogens with zero attached hydrogens (tertiary/aromatic N) is 3. The van der Waals surface area contributed by atoms with E-state index < -0.39 is 0 Å². The van der Waals surface area contributed by atoms with Crippen LogP contribution in [-0.2, 0) is 4.79 Å². The number of amides is 1. The maximum Gasteiger partial charge on any atom is 0.242 e. The van der Waals surface area contributed by atoms with Crippen LogP contribution < -0.4 is 15.5 Å². The van der Waals surface area contributed by atoms with E-state index in [0.717, 1.165) is 48.3 Å². The minimum Gasteiger partial charge on any atom is -0.351 e. The van der Waals surface area contributed by atoms with Gasteiger partial charge in [0.1, 0.15) is 23.0 Å². The van der Waals surface area contributed by atoms with E-state index in [9.17, 15) is 4.79 Å². The SMILES string of the molecule is O=C(NC1CC2CCC(C1)N2)C1CCCN1c1ncnc2sccc12. The summed E-state index contributed by atoms with van der Waals surface area (Å²) >= 11 is 1.62. The molecule has 0 radical (unpaired) electrons. The second-order valence-corrected chi connectivity index (χ2v) is 8.40. The molecule has 0 aromatic carbocycles. The van der Waals surface area contributed by atoms with Crippen molar-refractivity contribution in [2.45, 2.75) is 62.7 Å². The fourth-order valence-corrected chi connectivity index (χ4v) is 5.50. The predicted octanol–water partition coefficient (Wildman–Crippen LogP) is 2.06. The first-order valence-corrected chi connectivity index (χ1v) is 10.2. The molecule has 0 saturated carbocycles. The summed E-state index contributed by atoms with van der Waals surface area (Å²) < 4.78 is 0. The number of piperidine rings is 1. The van der Waals surface area contributed by atoms with Gasteiger partial charge in [-0.15, -0.1) is 11.3 Å². The molecule has 5 heterocycles. The summed E-state index contributed by atoms with van der Waals surface area (Å²) in [6, 6.07) is 3.46. The lowest BCUT2D eigenvalue weighted by Gasteiger charge is -2.32. The van der Waals surface area contributed by atoms with E-state index in [2.05, 4.69) is 31.6 Å². The average Bonchev–Trinajstić information content (AvgIpc) is 3.33. The van der Waals surface area contributed by atoms with Gasteiger partial charge in [0.2, 0.25) is 5.91 Å². The lowest BCUT2D eigenvalue weighted by atomic mass is 9.99. The Balaban J connectivity index is 1.34. The summed E-state index contributed by atoms with van der Waals surface area (Å²) in [6.07, 6.45) is 8.19. The highest BCUT2D eigenvalue weighted by atomic mass is 32.1. The summed E-state index contributed by atoms with van der Waals surface area (Å²) in [5, 5.41) is 10.1. The van der Waals surface area contributed by atoms with Gasteiger partial charge in [-0.05, 0) is 50.0 Å². The number of nitrogens with one attached hydrogen (secondary N) is 2. The number of fused-ring (bicyclic) bond motifs is 3. The molecule has 6 nitrogen and oxygen atoms in total. The molecule has 3 fully saturated rings. The first-order valence-electron chi connectivity index (χ1n) is 9.29. The molecule has 25 heavy (non-hydrogen) atoms. The fraction of sp³-hybridized carbons (Fsp3) is 0.611. The van der Waals surface area contributed by atoms with E-state index in [1.807, 2.05) is 5.38 Å². The van der Waals surface area contributed by atoms with Crippen LogP contribution in [0.2, 0.25) is 0 Å². The van der Waals surface area contributed by atoms with Gasteiger partial charge in [-0.2, -0.15) is 0 Å². The number of rotatable bonds is 3. The van der Waals surface area contributed by atoms with Gasteiger partial charge >= 0.3 is 0 Å². The van der Waals surface area contributed by atoms with Gasteiger partial charge in [0.05, 0.1) is 5.39 Å². The van der Waals surface area contributed by atoms with E-state index in [4.69, 9.17) is 0 Å². The molecule has 2 aromatic heterocycles. The molecule has 3 aliphatic rings. The quantitative estimate of drug-likeness (QED) is 0.880. The van der Waals surface area contributed by atoms with Crippen LogP contribution in [0.25, 0.3) is 10.2 Å². The number of hydrogen-bond acceptors (Lipinski definition) is 6. The molecule has 7 heteroatoms. The first-order chi connectivity index (χ1) is 12.3. The van der Waals surface area contributed by atoms with Crippen molar-refractivity contribution >= 4 is 33.3 Å². The molecule has 3 unspecified atom stereocenters. The third-order valence-corrected chi connectivity index (χ3v) is 6.71. The largest absolute Gasteiger partial charge is 0.351 e. The van der Waals surface area contributed by atoms with E-state index in [-0.39, 0.29) is 11.9 Å². The van der Waals surface area contributed by atoms with Crippen LogP contribution in [0.15, 0.2) is 17.8 Å². The molecule has 0 spiro atoms. The zero-order chi connectivity index (χ0) is 16.8. The van der Waals surface area contributed by atoms with Crippen LogP contribution >= 0.6 is 11.3 Å². The third-order valence-electron chi connectivity index (χ3n) is 5.89. The Hall–Kier alpha value is -1.73. The molecule has 1 amide bonds. The van der Waals surface area contributed by atoms with Crippen LogP contribution in [-0.4, -0.2) is 46.6 Å². The highest BCUT2D eigenvalue weighted by molar-refractivity contribution is 7.16. The van der Waals surface area contributed by atoms with Crippen molar-refractivity contribution in [2.24, 2.45) is 0 Å². The minimum absolute atomic E-state index is 0.106. The smallest absolute Gasteiger partial charge is 0.242 e. The molecule has 2 N–H and O–H groups in total. The van der Waals surface area contributed by atoms with Crippen molar-refractivity contribution in [3.63, 3.8) is 0 Å². The predicted molar refractivity (Wildman–Crippen MR) is 98.9 cm³/mol. The molecule has 2 aromatic rings. The normalized spacial score (nSPS) is 31.6. The van der Waals surface area contributed by atoms with Crippen molar-refractivity contribution in [3.05, 3.63) is 17.8 Å². The second kappa shape index (κ2) is 6.21. The van der Waals surface area contributed by atoms with Crippen LogP contribution in [0.4, 0.5) is 5.82 Å². The number of hydrogen-bond donors (Lipinski definition) is 2. The summed E-state index contributed by atoms with van der Waals surface area (Å²) in [6.45, 7) is 0.886. The highest BCUT2D eigenvalue weighted by Crippen LogP contribution is 2.32. The molecular formula is C18H23N5OS. The number of carbonyl (C=O) groups is 1. The lowest BCUT2D eigenvalue weighted by Crippen LogP contribution is -2.52. The lowest BCUT2D eigenvalue weighted by molar-refractivity contribution is -0.123. The Labute approximate surface area is 151 Å². The van der Waals surface area contributed by atoms with Gasteiger partial charge in [-0.3, -0.25) is 4.79 Å². The van der Waals surface area contributed by atoms with Crippen LogP contribution in [0, 0.1) is 0 Å². The van der Waals surface area contributed by atoms with Gasteiger partial charge in [-0.1, -0.05) is 0 Å². The van der Waals surface area contributed by atoms with Crippen molar-refractivity contribution in [2.75, 3.05) is 11.4 Å². The van der Waals surface area contributed by atoms with Crippen molar-refractivity contribution < 1.29 is 4.79 Å². The molecule has 2 bridgehead atoms. The van der Waals surface area contributed by atoms with Gasteiger partial charge in [0, 0.05) is 24.7 Å². The van der Waals surface area contributed by atoms with E-state index in [1.165, 1.54) is 12.8 Å². The van der Waals surface area contributed by atoms with Crippen molar-refractivity contribution in [1.29, 1.82) is 0 Å². The third kappa shape index (κ3) is 2.79. The Morgan fingerprint density at radius 2 is 2.08 bits per heavy atom. The summed E-state index contributed by atoms with van der Waals surface area (Å²) in [5.74, 6) is 1.08. The Morgan fingerprint density at radius 1 is 1.24 bits per heavy atom. The van der Waals surface area contributed by atoms with Crippen LogP contribution in [0.3, 0.4) is 0 Å². The van der Waals surface area contributed by atoms with E-state index in [0.29, 0.717) is 18.1 Å². The summed E-state index contributed by atoms with van der Waals surface area (Å²) in [5.41, 5.74) is 0. The molecule has 3 atom stereocenters. The van der Waals surface area contributed by atoms with Gasteiger partial charge < -0.3 is 15.5 Å². The topological polar surface area (TPSA) is 70.2 Å². The molecular weight excluding hydrogens is 334 g/mol. The fourth-order valence-electron chi connectivity index (χ4n) is 4.77. The standard InChI is InChI=1S/C18H23N5OS/c24-17(22-13-8-11-3-4-12(9-13)21-11)15-2-1-6-23(15)16-14-5-7-25-18(14)20-10-19-16/h5,7,10-13,15,21H,1-4,6,8-9H2,(H,22,24). The van der Waals surface area contributed by atoms with Crippen LogP contribution in [0.1, 0.15) is 38.5 Å². The Morgan fingerprint density at radius 3 is 2.92 bits per heavy atom. The number of anilines is 1. The monoisotopic (exact) mass is 357 g/mol. The molecule has 132 valence electrons. The number of thiophene rings is 1. The maximum atomic E-state index is 13.0. The molecule has 3 saturated heterocycles. The first kappa shape index (κ1) is 15.5. The Bertz CT molecular complexity index is 781. The van der Waals surface area contributed by atoms with Crippen molar-refractivity contribution in [1.82, 2.24) is 20.6 Å². The van der Waals surface area contributed by atoms with Gasteiger partial charge in [0.15, 0.2) is 0 Å². The molecule has 0 aliphatic carbocycles. The summed E-state index contributed by atoms with van der Waals surface area (Å²) in [4.78, 5) is 25.0. The zero-order valence-electron chi connectivity index (χ0n) is 14.1. The Kier molecular flexibility index (Phi) is 3.86.